The molecular formula is C38H36N6O7S2. The van der Waals surface area contributed by atoms with Crippen molar-refractivity contribution >= 4 is 57.8 Å². The monoisotopic (exact) mass is 752 g/mol. The molecule has 272 valence electrons. The molecular weight excluding hydrogens is 717 g/mol. The number of carboxylic acid groups (broad SMARTS) is 1. The lowest BCUT2D eigenvalue weighted by molar-refractivity contribution is -0.150. The van der Waals surface area contributed by atoms with Crippen LogP contribution in [0.15, 0.2) is 113 Å². The summed E-state index contributed by atoms with van der Waals surface area (Å²) in [5.41, 5.74) is 1.63. The quantitative estimate of drug-likeness (QED) is 0.0532. The van der Waals surface area contributed by atoms with Gasteiger partial charge in [-0.3, -0.25) is 14.5 Å². The Morgan fingerprint density at radius 3 is 2.04 bits per heavy atom. The molecule has 3 aliphatic heterocycles. The summed E-state index contributed by atoms with van der Waals surface area (Å²) in [5.74, 6) is -2.67. The number of amides is 3. The van der Waals surface area contributed by atoms with Crippen molar-refractivity contribution in [1.29, 1.82) is 0 Å². The first-order chi connectivity index (χ1) is 25.8. The summed E-state index contributed by atoms with van der Waals surface area (Å²) in [6.45, 7) is 0.902. The molecule has 3 amide bonds. The summed E-state index contributed by atoms with van der Waals surface area (Å²) in [5, 5.41) is 30.8. The summed E-state index contributed by atoms with van der Waals surface area (Å²) in [6.07, 6.45) is 2.28. The third-order valence-electron chi connectivity index (χ3n) is 9.50. The lowest BCUT2D eigenvalue weighted by Gasteiger charge is -2.49. The van der Waals surface area contributed by atoms with Gasteiger partial charge in [0.1, 0.15) is 35.0 Å². The Kier molecular flexibility index (Phi) is 10.5. The molecule has 2 saturated heterocycles. The number of aliphatic carboxylic acids is 1. The molecule has 4 aromatic rings. The number of nitrogens with zero attached hydrogens (tertiary/aromatic N) is 4. The first-order valence-corrected chi connectivity index (χ1v) is 19.0. The van der Waals surface area contributed by atoms with Crippen molar-refractivity contribution in [2.24, 2.45) is 5.16 Å². The first-order valence-electron chi connectivity index (χ1n) is 17.1. The summed E-state index contributed by atoms with van der Waals surface area (Å²) in [7, 11) is 0. The molecule has 0 bridgehead atoms. The number of anilines is 1. The van der Waals surface area contributed by atoms with Gasteiger partial charge in [0.15, 0.2) is 10.8 Å². The molecule has 2 atom stereocenters. The topological polar surface area (TPSA) is 174 Å². The highest BCUT2D eigenvalue weighted by Gasteiger charge is 2.54. The number of oxime groups is 1. The molecule has 2 fully saturated rings. The molecule has 0 radical (unpaired) electrons. The number of β-lactam (4-membered cyclic amide) rings is 1. The number of ether oxygens (including phenoxy) is 1. The molecule has 15 heteroatoms. The van der Waals surface area contributed by atoms with Crippen LogP contribution in [0, 0.1) is 0 Å². The van der Waals surface area contributed by atoms with Crippen molar-refractivity contribution in [3.63, 3.8) is 0 Å². The molecule has 0 saturated carbocycles. The Morgan fingerprint density at radius 1 is 0.906 bits per heavy atom. The maximum atomic E-state index is 13.5. The number of piperidine rings is 1. The van der Waals surface area contributed by atoms with Gasteiger partial charge in [0.25, 0.3) is 11.8 Å². The third-order valence-corrected chi connectivity index (χ3v) is 11.6. The molecule has 3 aromatic carbocycles. The Balaban J connectivity index is 1.08. The van der Waals surface area contributed by atoms with Crippen LogP contribution < -0.4 is 10.6 Å². The molecule has 7 rings (SSSR count). The van der Waals surface area contributed by atoms with E-state index in [1.807, 2.05) is 91.0 Å². The van der Waals surface area contributed by atoms with E-state index < -0.39 is 46.5 Å². The zero-order valence-electron chi connectivity index (χ0n) is 28.4. The average Bonchev–Trinajstić information content (AvgIpc) is 3.66. The highest BCUT2D eigenvalue weighted by Crippen LogP contribution is 2.42. The number of carbonyl (C=O) groups excluding carboxylic acids is 3. The number of benzene rings is 3. The van der Waals surface area contributed by atoms with E-state index in [0.29, 0.717) is 23.8 Å². The number of likely N-dealkylation sites (tertiary alicyclic amines) is 1. The molecule has 53 heavy (non-hydrogen) atoms. The van der Waals surface area contributed by atoms with Gasteiger partial charge in [-0.1, -0.05) is 96.2 Å². The van der Waals surface area contributed by atoms with Crippen LogP contribution in [0.5, 0.6) is 0 Å². The minimum atomic E-state index is -1.34. The fourth-order valence-electron chi connectivity index (χ4n) is 6.91. The van der Waals surface area contributed by atoms with Crippen LogP contribution >= 0.6 is 23.1 Å². The minimum absolute atomic E-state index is 0.0736. The largest absolute Gasteiger partial charge is 0.477 e. The third kappa shape index (κ3) is 6.97. The van der Waals surface area contributed by atoms with Crippen LogP contribution in [0.3, 0.4) is 0 Å². The number of hydrogen-bond donors (Lipinski definition) is 4. The zero-order valence-corrected chi connectivity index (χ0v) is 30.0. The van der Waals surface area contributed by atoms with Crippen LogP contribution in [-0.4, -0.2) is 91.6 Å². The van der Waals surface area contributed by atoms with E-state index in [-0.39, 0.29) is 23.8 Å². The smallest absolute Gasteiger partial charge is 0.410 e. The van der Waals surface area contributed by atoms with Gasteiger partial charge in [-0.25, -0.2) is 14.6 Å². The van der Waals surface area contributed by atoms with Crippen LogP contribution in [0.1, 0.15) is 41.6 Å². The average molecular weight is 753 g/mol. The molecule has 3 aliphatic rings. The van der Waals surface area contributed by atoms with E-state index in [1.54, 1.807) is 10.3 Å². The number of aromatic nitrogens is 1. The predicted octanol–water partition coefficient (Wildman–Crippen LogP) is 5.09. The number of carboxylic acids is 1. The molecule has 4 heterocycles. The second-order valence-corrected chi connectivity index (χ2v) is 14.6. The molecule has 4 N–H and O–H groups in total. The number of thioether (sulfide) groups is 1. The maximum absolute atomic E-state index is 13.5. The fraction of sp³-hybridized carbons (Fsp3) is 0.263. The predicted molar refractivity (Wildman–Crippen MR) is 200 cm³/mol. The summed E-state index contributed by atoms with van der Waals surface area (Å²) in [4.78, 5) is 59.1. The van der Waals surface area contributed by atoms with Gasteiger partial charge in [0.2, 0.25) is 0 Å². The van der Waals surface area contributed by atoms with Gasteiger partial charge in [-0.15, -0.1) is 23.1 Å². The molecule has 0 spiro atoms. The Bertz CT molecular complexity index is 1960. The standard InChI is InChI=1S/C38H36N6O7S2/c45-32(40-30-33(46)44-31(35(47)48)24(22-52-34(30)44)21-51-37(49)43-19-11-4-12-20-43)29(42-50)28-23-53-36(39-28)41-38(25-13-5-1-6-14-25,26-15-7-2-8-16-26)27-17-9-3-10-18-27/h1-3,5-10,13-18,23,30,34,50H,4,11-12,19-22H2,(H,39,41)(H,40,45)(H,47,48)/b42-29-/t30-,34-/m1/s1. The van der Waals surface area contributed by atoms with Gasteiger partial charge in [-0.05, 0) is 36.0 Å². The van der Waals surface area contributed by atoms with Gasteiger partial charge in [0.05, 0.1) is 0 Å². The summed E-state index contributed by atoms with van der Waals surface area (Å²) >= 11 is 2.46. The van der Waals surface area contributed by atoms with E-state index >= 15 is 0 Å². The van der Waals surface area contributed by atoms with E-state index in [4.69, 9.17) is 4.74 Å². The fourth-order valence-corrected chi connectivity index (χ4v) is 8.99. The van der Waals surface area contributed by atoms with Gasteiger partial charge < -0.3 is 30.6 Å². The Hall–Kier alpha value is -5.67. The van der Waals surface area contributed by atoms with Crippen LogP contribution in [-0.2, 0) is 24.7 Å². The highest BCUT2D eigenvalue weighted by molar-refractivity contribution is 8.00. The maximum Gasteiger partial charge on any atom is 0.410 e. The Labute approximate surface area is 313 Å². The second kappa shape index (κ2) is 15.5. The van der Waals surface area contributed by atoms with Crippen molar-refractivity contribution < 1.29 is 34.2 Å². The van der Waals surface area contributed by atoms with Crippen LogP contribution in [0.25, 0.3) is 0 Å². The number of hydrogen-bond acceptors (Lipinski definition) is 11. The molecule has 1 aromatic heterocycles. The van der Waals surface area contributed by atoms with Crippen LogP contribution in [0.4, 0.5) is 9.93 Å². The summed E-state index contributed by atoms with van der Waals surface area (Å²) < 4.78 is 5.43. The van der Waals surface area contributed by atoms with Gasteiger partial charge >= 0.3 is 12.1 Å². The zero-order chi connectivity index (χ0) is 37.0. The van der Waals surface area contributed by atoms with E-state index in [1.165, 1.54) is 23.1 Å². The molecule has 13 nitrogen and oxygen atoms in total. The van der Waals surface area contributed by atoms with Crippen molar-refractivity contribution in [3.05, 3.63) is 130 Å². The van der Waals surface area contributed by atoms with Crippen molar-refractivity contribution in [1.82, 2.24) is 20.1 Å². The number of thiazole rings is 1. The second-order valence-electron chi connectivity index (χ2n) is 12.7. The summed E-state index contributed by atoms with van der Waals surface area (Å²) in [6, 6.07) is 28.6. The Morgan fingerprint density at radius 2 is 1.49 bits per heavy atom. The van der Waals surface area contributed by atoms with Gasteiger partial charge in [-0.2, -0.15) is 0 Å². The van der Waals surface area contributed by atoms with E-state index in [2.05, 4.69) is 20.8 Å². The van der Waals surface area contributed by atoms with Crippen molar-refractivity contribution in [2.45, 2.75) is 36.2 Å². The molecule has 0 aliphatic carbocycles. The first kappa shape index (κ1) is 35.7. The SMILES string of the molecule is O=C(O)C1=C(COC(=O)N2CCCCC2)CS[C@@H]2[C@H](NC(=O)/C(=N\O)c3csc(NC(c4ccccc4)(c4ccccc4)c4ccccc4)n3)C(=O)N12. The normalized spacial score (nSPS) is 18.9. The van der Waals surface area contributed by atoms with E-state index in [0.717, 1.165) is 40.9 Å². The van der Waals surface area contributed by atoms with Crippen LogP contribution in [0.2, 0.25) is 0 Å². The number of nitrogens with one attached hydrogen (secondary N) is 2. The lowest BCUT2D eigenvalue weighted by atomic mass is 9.77. The number of carbonyl (C=O) groups is 4. The number of rotatable bonds is 11. The van der Waals surface area contributed by atoms with Crippen molar-refractivity contribution in [3.8, 4) is 0 Å². The lowest BCUT2D eigenvalue weighted by Crippen LogP contribution is -2.71. The minimum Gasteiger partial charge on any atom is -0.477 e. The number of fused-ring (bicyclic) bond motifs is 1. The molecule has 0 unspecified atom stereocenters. The van der Waals surface area contributed by atoms with Gasteiger partial charge in [0, 0.05) is 29.8 Å². The highest BCUT2D eigenvalue weighted by atomic mass is 32.2. The van der Waals surface area contributed by atoms with E-state index in [9.17, 15) is 29.5 Å². The van der Waals surface area contributed by atoms with Crippen molar-refractivity contribution in [2.75, 3.05) is 30.8 Å².